The van der Waals surface area contributed by atoms with Crippen LogP contribution in [0, 0.1) is 16.7 Å². The van der Waals surface area contributed by atoms with Gasteiger partial charge in [-0.25, -0.2) is 0 Å². The zero-order valence-electron chi connectivity index (χ0n) is 16.1. The zero-order valence-corrected chi connectivity index (χ0v) is 18.5. The van der Waals surface area contributed by atoms with Crippen LogP contribution in [0.1, 0.15) is 26.5 Å². The summed E-state index contributed by atoms with van der Waals surface area (Å²) in [4.78, 5) is 30.4. The molecule has 0 saturated carbocycles. The number of thiazole rings is 1. The number of benzene rings is 1. The number of Topliss-reactive ketones (excluding diaryl/α,β-unsaturated/α-hetero) is 1. The van der Waals surface area contributed by atoms with E-state index < -0.39 is 5.41 Å². The van der Waals surface area contributed by atoms with Crippen molar-refractivity contribution in [2.45, 2.75) is 20.8 Å². The molecule has 2 heterocycles. The molecule has 0 amide bonds. The van der Waals surface area contributed by atoms with Crippen LogP contribution in [0.5, 0.6) is 0 Å². The van der Waals surface area contributed by atoms with Crippen molar-refractivity contribution in [1.29, 1.82) is 5.26 Å². The summed E-state index contributed by atoms with van der Waals surface area (Å²) >= 11 is 4.53. The molecule has 0 radical (unpaired) electrons. The molecule has 0 aliphatic rings. The zero-order chi connectivity index (χ0) is 21.2. The van der Waals surface area contributed by atoms with Crippen molar-refractivity contribution in [3.63, 3.8) is 0 Å². The average Bonchev–Trinajstić information content (AvgIpc) is 2.98. The van der Waals surface area contributed by atoms with Crippen molar-refractivity contribution < 1.29 is 4.79 Å². The lowest BCUT2D eigenvalue weighted by molar-refractivity contribution is -0.120. The largest absolute Gasteiger partial charge is 0.293 e. The van der Waals surface area contributed by atoms with Crippen LogP contribution in [0.15, 0.2) is 57.9 Å². The molecular formula is C22H18BrN3O2S. The van der Waals surface area contributed by atoms with Gasteiger partial charge in [-0.3, -0.25) is 19.1 Å². The van der Waals surface area contributed by atoms with Crippen LogP contribution in [0.4, 0.5) is 0 Å². The van der Waals surface area contributed by atoms with E-state index in [-0.39, 0.29) is 16.9 Å². The Bertz CT molecular complexity index is 1290. The predicted molar refractivity (Wildman–Crippen MR) is 118 cm³/mol. The SMILES string of the molecule is CC(C)(C)C(=O)/C(C#N)=c1\s/c(=C/c2ccccn2)c(=O)n1-c1cccc(Br)c1. The van der Waals surface area contributed by atoms with Gasteiger partial charge in [0.25, 0.3) is 5.56 Å². The van der Waals surface area contributed by atoms with E-state index in [1.165, 1.54) is 4.57 Å². The number of carbonyl (C=O) groups is 1. The molecule has 0 N–H and O–H groups in total. The number of hydrogen-bond donors (Lipinski definition) is 0. The maximum Gasteiger partial charge on any atom is 0.273 e. The van der Waals surface area contributed by atoms with Gasteiger partial charge in [-0.2, -0.15) is 5.26 Å². The molecule has 7 heteroatoms. The third-order valence-electron chi connectivity index (χ3n) is 4.09. The molecular weight excluding hydrogens is 450 g/mol. The summed E-state index contributed by atoms with van der Waals surface area (Å²) in [6, 6.07) is 14.6. The first kappa shape index (κ1) is 20.9. The molecule has 3 aromatic rings. The lowest BCUT2D eigenvalue weighted by Gasteiger charge is -2.15. The quantitative estimate of drug-likeness (QED) is 0.592. The van der Waals surface area contributed by atoms with Crippen LogP contribution in [0.25, 0.3) is 17.3 Å². The van der Waals surface area contributed by atoms with Crippen LogP contribution >= 0.6 is 27.3 Å². The number of carbonyl (C=O) groups excluding carboxylic acids is 1. The minimum Gasteiger partial charge on any atom is -0.293 e. The number of nitrogens with zero attached hydrogens (tertiary/aromatic N) is 3. The second kappa shape index (κ2) is 8.27. The maximum atomic E-state index is 13.3. The maximum absolute atomic E-state index is 13.3. The van der Waals surface area contributed by atoms with Crippen molar-refractivity contribution in [3.8, 4) is 11.8 Å². The lowest BCUT2D eigenvalue weighted by Crippen LogP contribution is -2.33. The number of rotatable bonds is 3. The van der Waals surface area contributed by atoms with Gasteiger partial charge >= 0.3 is 0 Å². The van der Waals surface area contributed by atoms with E-state index in [9.17, 15) is 14.9 Å². The molecule has 3 rings (SSSR count). The Kier molecular flexibility index (Phi) is 5.96. The molecule has 0 saturated heterocycles. The van der Waals surface area contributed by atoms with Gasteiger partial charge in [0.1, 0.15) is 16.3 Å². The van der Waals surface area contributed by atoms with Gasteiger partial charge < -0.3 is 0 Å². The molecule has 0 atom stereocenters. The van der Waals surface area contributed by atoms with Crippen molar-refractivity contribution in [1.82, 2.24) is 9.55 Å². The summed E-state index contributed by atoms with van der Waals surface area (Å²) in [7, 11) is 0. The molecule has 146 valence electrons. The van der Waals surface area contributed by atoms with Gasteiger partial charge in [-0.15, -0.1) is 11.3 Å². The Morgan fingerprint density at radius 2 is 2.00 bits per heavy atom. The summed E-state index contributed by atoms with van der Waals surface area (Å²) in [6.45, 7) is 5.26. The van der Waals surface area contributed by atoms with Gasteiger partial charge in [-0.1, -0.05) is 48.8 Å². The Labute approximate surface area is 180 Å². The average molecular weight is 468 g/mol. The molecule has 5 nitrogen and oxygen atoms in total. The third-order valence-corrected chi connectivity index (χ3v) is 5.68. The third kappa shape index (κ3) is 4.44. The smallest absolute Gasteiger partial charge is 0.273 e. The Morgan fingerprint density at radius 3 is 2.59 bits per heavy atom. The van der Waals surface area contributed by atoms with Gasteiger partial charge in [0, 0.05) is 16.1 Å². The number of aromatic nitrogens is 2. The minimum absolute atomic E-state index is 0.0275. The van der Waals surface area contributed by atoms with Gasteiger partial charge in [0.2, 0.25) is 0 Å². The first-order valence-corrected chi connectivity index (χ1v) is 10.4. The van der Waals surface area contributed by atoms with Gasteiger partial charge in [0.05, 0.1) is 15.9 Å². The summed E-state index contributed by atoms with van der Waals surface area (Å²) in [5.41, 5.74) is 0.117. The van der Waals surface area contributed by atoms with E-state index >= 15 is 0 Å². The summed E-state index contributed by atoms with van der Waals surface area (Å²) < 4.78 is 2.92. The second-order valence-electron chi connectivity index (χ2n) is 7.36. The number of pyridine rings is 1. The highest BCUT2D eigenvalue weighted by molar-refractivity contribution is 9.10. The molecule has 0 aliphatic heterocycles. The van der Waals surface area contributed by atoms with Crippen molar-refractivity contribution >= 4 is 44.7 Å². The summed E-state index contributed by atoms with van der Waals surface area (Å²) in [5.74, 6) is -0.311. The van der Waals surface area contributed by atoms with Crippen LogP contribution in [-0.2, 0) is 4.79 Å². The second-order valence-corrected chi connectivity index (χ2v) is 9.30. The van der Waals surface area contributed by atoms with Gasteiger partial charge in [-0.05, 0) is 36.4 Å². The van der Waals surface area contributed by atoms with Crippen molar-refractivity contribution in [2.24, 2.45) is 5.41 Å². The highest BCUT2D eigenvalue weighted by atomic mass is 79.9. The first-order chi connectivity index (χ1) is 13.7. The van der Waals surface area contributed by atoms with Crippen molar-refractivity contribution in [2.75, 3.05) is 0 Å². The Hall–Kier alpha value is -2.82. The van der Waals surface area contributed by atoms with Crippen LogP contribution in [-0.4, -0.2) is 15.3 Å². The van der Waals surface area contributed by atoms with E-state index in [0.29, 0.717) is 20.6 Å². The number of ketones is 1. The Morgan fingerprint density at radius 1 is 1.24 bits per heavy atom. The van der Waals surface area contributed by atoms with Crippen LogP contribution < -0.4 is 14.8 Å². The van der Waals surface area contributed by atoms with E-state index in [1.807, 2.05) is 18.2 Å². The van der Waals surface area contributed by atoms with E-state index in [0.717, 1.165) is 15.8 Å². The topological polar surface area (TPSA) is 75.8 Å². The monoisotopic (exact) mass is 467 g/mol. The molecule has 0 fully saturated rings. The number of hydrogen-bond acceptors (Lipinski definition) is 5. The highest BCUT2D eigenvalue weighted by Crippen LogP contribution is 2.20. The molecule has 0 unspecified atom stereocenters. The minimum atomic E-state index is -0.752. The van der Waals surface area contributed by atoms with E-state index in [1.54, 1.807) is 63.4 Å². The fourth-order valence-corrected chi connectivity index (χ4v) is 4.14. The predicted octanol–water partition coefficient (Wildman–Crippen LogP) is 3.17. The molecule has 0 bridgehead atoms. The molecule has 0 spiro atoms. The standard InChI is InChI=1S/C22H18BrN3O2S/c1-22(2,3)19(27)17(13-24)21-26(16-9-6-7-14(23)11-16)20(28)18(29-21)12-15-8-4-5-10-25-15/h4-12H,1-3H3/b18-12+,21-17-. The van der Waals surface area contributed by atoms with Crippen molar-refractivity contribution in [3.05, 3.63) is 78.4 Å². The molecule has 0 aliphatic carbocycles. The fraction of sp³-hybridized carbons (Fsp3) is 0.182. The van der Waals surface area contributed by atoms with Gasteiger partial charge in [0.15, 0.2) is 5.78 Å². The van der Waals surface area contributed by atoms with Crippen LogP contribution in [0.2, 0.25) is 0 Å². The fourth-order valence-electron chi connectivity index (χ4n) is 2.67. The molecule has 29 heavy (non-hydrogen) atoms. The number of nitriles is 1. The Balaban J connectivity index is 2.45. The summed E-state index contributed by atoms with van der Waals surface area (Å²) in [6.07, 6.45) is 3.31. The normalized spacial score (nSPS) is 13.1. The molecule has 1 aromatic carbocycles. The lowest BCUT2D eigenvalue weighted by atomic mass is 9.87. The summed E-state index contributed by atoms with van der Waals surface area (Å²) in [5, 5.41) is 9.78. The van der Waals surface area contributed by atoms with Crippen LogP contribution in [0.3, 0.4) is 0 Å². The van der Waals surface area contributed by atoms with E-state index in [4.69, 9.17) is 0 Å². The number of halogens is 1. The van der Waals surface area contributed by atoms with E-state index in [2.05, 4.69) is 20.9 Å². The first-order valence-electron chi connectivity index (χ1n) is 8.82. The highest BCUT2D eigenvalue weighted by Gasteiger charge is 2.27. The molecule has 2 aromatic heterocycles.